The Morgan fingerprint density at radius 3 is 2.24 bits per heavy atom. The lowest BCUT2D eigenvalue weighted by Crippen LogP contribution is -2.62. The average molecular weight is 651 g/mol. The van der Waals surface area contributed by atoms with E-state index in [1.807, 2.05) is 30.3 Å². The molecule has 0 saturated heterocycles. The SMILES string of the molecule is CC[C@H]1[C@@H](O)[C@@H]2[C@H](CC[C@]3(C)[C@@H]([C@H](C)CCNC(=O)NS(=O)(=O)c4ccc(-c5ccccc5)cc4)CC[C@@H]23)[C@@]2(C)CC[C@@H](O)C[C@@H]12. The van der Waals surface area contributed by atoms with Gasteiger partial charge in [-0.1, -0.05) is 76.6 Å². The van der Waals surface area contributed by atoms with E-state index in [1.54, 1.807) is 12.1 Å². The van der Waals surface area contributed by atoms with Crippen LogP contribution in [0.4, 0.5) is 4.79 Å². The molecule has 46 heavy (non-hydrogen) atoms. The molecule has 0 spiro atoms. The monoisotopic (exact) mass is 650 g/mol. The van der Waals surface area contributed by atoms with Gasteiger partial charge in [-0.25, -0.2) is 17.9 Å². The molecule has 0 aliphatic heterocycles. The number of hydrogen-bond donors (Lipinski definition) is 4. The summed E-state index contributed by atoms with van der Waals surface area (Å²) in [5, 5.41) is 25.3. The molecule has 4 aliphatic carbocycles. The van der Waals surface area contributed by atoms with E-state index in [9.17, 15) is 23.4 Å². The van der Waals surface area contributed by atoms with E-state index in [-0.39, 0.29) is 33.9 Å². The molecule has 8 heteroatoms. The fourth-order valence-electron chi connectivity index (χ4n) is 11.2. The highest BCUT2D eigenvalue weighted by Gasteiger charge is 2.64. The van der Waals surface area contributed by atoms with Crippen LogP contribution in [0.1, 0.15) is 85.5 Å². The third-order valence-electron chi connectivity index (χ3n) is 13.5. The second-order valence-electron chi connectivity index (χ2n) is 15.6. The lowest BCUT2D eigenvalue weighted by molar-refractivity contribution is -0.203. The summed E-state index contributed by atoms with van der Waals surface area (Å²) >= 11 is 0. The minimum absolute atomic E-state index is 0.0519. The molecule has 0 aromatic heterocycles. The molecule has 252 valence electrons. The Morgan fingerprint density at radius 2 is 1.54 bits per heavy atom. The van der Waals surface area contributed by atoms with Gasteiger partial charge in [0, 0.05) is 6.54 Å². The maximum Gasteiger partial charge on any atom is 0.328 e. The van der Waals surface area contributed by atoms with Gasteiger partial charge in [0.1, 0.15) is 0 Å². The van der Waals surface area contributed by atoms with Crippen molar-refractivity contribution in [3.05, 3.63) is 54.6 Å². The largest absolute Gasteiger partial charge is 0.393 e. The molecule has 2 amide bonds. The van der Waals surface area contributed by atoms with Crippen LogP contribution in [0.5, 0.6) is 0 Å². The van der Waals surface area contributed by atoms with Crippen molar-refractivity contribution < 1.29 is 23.4 Å². The Kier molecular flexibility index (Phi) is 9.38. The molecule has 0 bridgehead atoms. The highest BCUT2D eigenvalue weighted by atomic mass is 32.2. The zero-order valence-electron chi connectivity index (χ0n) is 28.0. The number of carbonyl (C=O) groups is 1. The topological polar surface area (TPSA) is 116 Å². The Morgan fingerprint density at radius 1 is 0.891 bits per heavy atom. The standard InChI is InChI=1S/C38H54N2O5S/c1-5-29-33-23-27(41)17-20-38(33,4)32-18-21-37(3)30(15-16-31(37)34(32)35(29)42)24(2)19-22-39-36(43)40-46(44,45)28-13-11-26(12-14-28)25-9-7-6-8-10-25/h6-14,24,27,29-35,41-42H,5,15-23H2,1-4H3,(H2,39,40,43)/t24-,27-,29-,30-,31+,32+,33+,34+,35-,37-,38-/m1/s1. The first kappa shape index (κ1) is 33.5. The number of fused-ring (bicyclic) bond motifs is 5. The molecule has 0 radical (unpaired) electrons. The summed E-state index contributed by atoms with van der Waals surface area (Å²) < 4.78 is 28.0. The van der Waals surface area contributed by atoms with Crippen LogP contribution in [0.25, 0.3) is 11.1 Å². The quantitative estimate of drug-likeness (QED) is 0.246. The van der Waals surface area contributed by atoms with E-state index in [0.717, 1.165) is 68.9 Å². The van der Waals surface area contributed by atoms with Gasteiger partial charge in [0.05, 0.1) is 17.1 Å². The lowest BCUT2D eigenvalue weighted by Gasteiger charge is -2.64. The van der Waals surface area contributed by atoms with Crippen molar-refractivity contribution in [2.45, 2.75) is 103 Å². The van der Waals surface area contributed by atoms with E-state index >= 15 is 0 Å². The van der Waals surface area contributed by atoms with Crippen LogP contribution in [0.3, 0.4) is 0 Å². The van der Waals surface area contributed by atoms with Crippen LogP contribution >= 0.6 is 0 Å². The van der Waals surface area contributed by atoms with E-state index < -0.39 is 16.1 Å². The first-order valence-corrected chi connectivity index (χ1v) is 19.2. The smallest absolute Gasteiger partial charge is 0.328 e. The zero-order chi connectivity index (χ0) is 32.9. The van der Waals surface area contributed by atoms with Gasteiger partial charge in [-0.15, -0.1) is 0 Å². The molecule has 4 fully saturated rings. The Bertz CT molecular complexity index is 1480. The molecule has 0 heterocycles. The summed E-state index contributed by atoms with van der Waals surface area (Å²) in [6.07, 6.45) is 8.55. The number of aliphatic hydroxyl groups excluding tert-OH is 2. The number of hydrogen-bond acceptors (Lipinski definition) is 5. The van der Waals surface area contributed by atoms with Crippen molar-refractivity contribution >= 4 is 16.1 Å². The van der Waals surface area contributed by atoms with Gasteiger partial charge in [-0.2, -0.15) is 0 Å². The third kappa shape index (κ3) is 5.92. The van der Waals surface area contributed by atoms with E-state index in [2.05, 4.69) is 37.7 Å². The van der Waals surface area contributed by atoms with E-state index in [4.69, 9.17) is 0 Å². The van der Waals surface area contributed by atoms with Gasteiger partial charge in [-0.3, -0.25) is 0 Å². The van der Waals surface area contributed by atoms with Crippen LogP contribution in [0.15, 0.2) is 59.5 Å². The second kappa shape index (κ2) is 12.9. The zero-order valence-corrected chi connectivity index (χ0v) is 28.8. The molecule has 2 aromatic carbocycles. The van der Waals surface area contributed by atoms with Gasteiger partial charge in [0.25, 0.3) is 10.0 Å². The van der Waals surface area contributed by atoms with Crippen LogP contribution in [-0.4, -0.2) is 43.4 Å². The summed E-state index contributed by atoms with van der Waals surface area (Å²) in [6, 6.07) is 15.6. The molecule has 4 N–H and O–H groups in total. The Labute approximate surface area is 276 Å². The Hall–Kier alpha value is -2.42. The number of amides is 2. The summed E-state index contributed by atoms with van der Waals surface area (Å²) in [4.78, 5) is 12.7. The fraction of sp³-hybridized carbons (Fsp3) is 0.658. The Balaban J connectivity index is 1.05. The number of rotatable bonds is 8. The van der Waals surface area contributed by atoms with Crippen LogP contribution in [0.2, 0.25) is 0 Å². The van der Waals surface area contributed by atoms with E-state index in [1.165, 1.54) is 12.1 Å². The summed E-state index contributed by atoms with van der Waals surface area (Å²) in [5.41, 5.74) is 2.24. The minimum Gasteiger partial charge on any atom is -0.393 e. The van der Waals surface area contributed by atoms with Crippen LogP contribution in [0, 0.1) is 52.3 Å². The normalized spacial score (nSPS) is 37.8. The molecule has 2 aromatic rings. The van der Waals surface area contributed by atoms with Gasteiger partial charge in [0.2, 0.25) is 0 Å². The highest BCUT2D eigenvalue weighted by Crippen LogP contribution is 2.69. The molecule has 4 aliphatic rings. The second-order valence-corrected chi connectivity index (χ2v) is 17.3. The minimum atomic E-state index is -3.99. The van der Waals surface area contributed by atoms with Crippen molar-refractivity contribution in [1.82, 2.24) is 10.0 Å². The van der Waals surface area contributed by atoms with Crippen molar-refractivity contribution in [2.75, 3.05) is 6.54 Å². The number of sulfonamides is 1. The van der Waals surface area contributed by atoms with Gasteiger partial charge < -0.3 is 15.5 Å². The predicted octanol–water partition coefficient (Wildman–Crippen LogP) is 6.99. The average Bonchev–Trinajstić information content (AvgIpc) is 3.39. The summed E-state index contributed by atoms with van der Waals surface area (Å²) in [5.74, 6) is 2.83. The van der Waals surface area contributed by atoms with Crippen molar-refractivity contribution in [2.24, 2.45) is 52.3 Å². The van der Waals surface area contributed by atoms with Crippen LogP contribution < -0.4 is 10.0 Å². The maximum absolute atomic E-state index is 12.9. The molecular weight excluding hydrogens is 596 g/mol. The first-order chi connectivity index (χ1) is 21.9. The summed E-state index contributed by atoms with van der Waals surface area (Å²) in [6.45, 7) is 9.84. The third-order valence-corrected chi connectivity index (χ3v) is 14.9. The number of urea groups is 1. The first-order valence-electron chi connectivity index (χ1n) is 17.7. The summed E-state index contributed by atoms with van der Waals surface area (Å²) in [7, 11) is -3.99. The molecule has 0 unspecified atom stereocenters. The van der Waals surface area contributed by atoms with Crippen molar-refractivity contribution in [3.8, 4) is 11.1 Å². The van der Waals surface area contributed by atoms with Gasteiger partial charge >= 0.3 is 6.03 Å². The maximum atomic E-state index is 12.9. The highest BCUT2D eigenvalue weighted by molar-refractivity contribution is 7.90. The number of aliphatic hydroxyl groups is 2. The molecule has 4 saturated carbocycles. The molecule has 7 nitrogen and oxygen atoms in total. The van der Waals surface area contributed by atoms with E-state index in [0.29, 0.717) is 42.1 Å². The lowest BCUT2D eigenvalue weighted by atomic mass is 9.41. The number of nitrogens with one attached hydrogen (secondary N) is 2. The van der Waals surface area contributed by atoms with Crippen LogP contribution in [-0.2, 0) is 10.0 Å². The van der Waals surface area contributed by atoms with Crippen molar-refractivity contribution in [3.63, 3.8) is 0 Å². The van der Waals surface area contributed by atoms with Gasteiger partial charge in [-0.05, 0) is 127 Å². The molecular formula is C38H54N2O5S. The van der Waals surface area contributed by atoms with Gasteiger partial charge in [0.15, 0.2) is 0 Å². The number of carbonyl (C=O) groups excluding carboxylic acids is 1. The molecule has 6 rings (SSSR count). The molecule has 11 atom stereocenters. The number of benzene rings is 2. The predicted molar refractivity (Wildman–Crippen MR) is 181 cm³/mol. The fourth-order valence-corrected chi connectivity index (χ4v) is 12.1. The van der Waals surface area contributed by atoms with Crippen molar-refractivity contribution in [1.29, 1.82) is 0 Å².